The van der Waals surface area contributed by atoms with Gasteiger partial charge in [-0.2, -0.15) is 0 Å². The lowest BCUT2D eigenvalue weighted by Gasteiger charge is -2.07. The average molecular weight is 281 g/mol. The van der Waals surface area contributed by atoms with Crippen molar-refractivity contribution in [2.75, 3.05) is 5.32 Å². The molecule has 0 atom stereocenters. The standard InChI is InChI=1S/C12H10ClFN4O/c13-8-6-7(3-4-9(8)14)15-11-12(19)18-5-1-2-10(18)16-17-11/h3-4,6H,1-2,5H2,(H,15,17). The fourth-order valence-electron chi connectivity index (χ4n) is 2.05. The monoisotopic (exact) mass is 280 g/mol. The van der Waals surface area contributed by atoms with Crippen molar-refractivity contribution < 1.29 is 4.39 Å². The second-order valence-corrected chi connectivity index (χ2v) is 4.69. The summed E-state index contributed by atoms with van der Waals surface area (Å²) in [5.41, 5.74) is 0.277. The van der Waals surface area contributed by atoms with Gasteiger partial charge >= 0.3 is 0 Å². The van der Waals surface area contributed by atoms with Gasteiger partial charge in [-0.25, -0.2) is 4.39 Å². The van der Waals surface area contributed by atoms with E-state index in [2.05, 4.69) is 15.5 Å². The van der Waals surface area contributed by atoms with Crippen LogP contribution in [0.1, 0.15) is 12.2 Å². The second-order valence-electron chi connectivity index (χ2n) is 4.28. The van der Waals surface area contributed by atoms with Crippen LogP contribution in [0.25, 0.3) is 0 Å². The molecular weight excluding hydrogens is 271 g/mol. The molecule has 1 aliphatic rings. The van der Waals surface area contributed by atoms with E-state index in [1.54, 1.807) is 4.57 Å². The van der Waals surface area contributed by atoms with Gasteiger partial charge in [-0.05, 0) is 24.6 Å². The number of aryl methyl sites for hydroxylation is 1. The molecule has 0 unspecified atom stereocenters. The largest absolute Gasteiger partial charge is 0.334 e. The molecule has 0 radical (unpaired) electrons. The number of fused-ring (bicyclic) bond motifs is 1. The van der Waals surface area contributed by atoms with E-state index < -0.39 is 5.82 Å². The Morgan fingerprint density at radius 1 is 1.37 bits per heavy atom. The van der Waals surface area contributed by atoms with Crippen LogP contribution in [-0.2, 0) is 13.0 Å². The lowest BCUT2D eigenvalue weighted by atomic mass is 10.3. The van der Waals surface area contributed by atoms with Gasteiger partial charge in [0.1, 0.15) is 11.6 Å². The van der Waals surface area contributed by atoms with Crippen LogP contribution in [0.5, 0.6) is 0 Å². The van der Waals surface area contributed by atoms with Crippen molar-refractivity contribution in [1.29, 1.82) is 0 Å². The van der Waals surface area contributed by atoms with Crippen molar-refractivity contribution in [1.82, 2.24) is 14.8 Å². The number of anilines is 2. The van der Waals surface area contributed by atoms with Gasteiger partial charge in [-0.15, -0.1) is 10.2 Å². The molecule has 19 heavy (non-hydrogen) atoms. The zero-order valence-electron chi connectivity index (χ0n) is 9.86. The number of halogens is 2. The Morgan fingerprint density at radius 3 is 3.00 bits per heavy atom. The van der Waals surface area contributed by atoms with Crippen LogP contribution < -0.4 is 10.9 Å². The van der Waals surface area contributed by atoms with Crippen molar-refractivity contribution in [2.45, 2.75) is 19.4 Å². The summed E-state index contributed by atoms with van der Waals surface area (Å²) >= 11 is 5.68. The van der Waals surface area contributed by atoms with Gasteiger partial charge in [-0.3, -0.25) is 9.36 Å². The average Bonchev–Trinajstić information content (AvgIpc) is 2.86. The van der Waals surface area contributed by atoms with Crippen molar-refractivity contribution >= 4 is 23.1 Å². The van der Waals surface area contributed by atoms with Crippen LogP contribution in [0.15, 0.2) is 23.0 Å². The fraction of sp³-hybridized carbons (Fsp3) is 0.250. The minimum atomic E-state index is -0.510. The molecule has 0 amide bonds. The SMILES string of the molecule is O=c1c(Nc2ccc(F)c(Cl)c2)nnc2n1CCC2. The van der Waals surface area contributed by atoms with E-state index >= 15 is 0 Å². The lowest BCUT2D eigenvalue weighted by Crippen LogP contribution is -2.24. The smallest absolute Gasteiger partial charge is 0.296 e. The van der Waals surface area contributed by atoms with Gasteiger partial charge in [-0.1, -0.05) is 11.6 Å². The molecular formula is C12H10ClFN4O. The molecule has 2 aromatic rings. The predicted molar refractivity (Wildman–Crippen MR) is 69.3 cm³/mol. The zero-order chi connectivity index (χ0) is 13.4. The number of nitrogens with zero attached hydrogens (tertiary/aromatic N) is 3. The predicted octanol–water partition coefficient (Wildman–Crippen LogP) is 2.12. The Bertz CT molecular complexity index is 701. The molecule has 3 rings (SSSR count). The maximum atomic E-state index is 13.0. The van der Waals surface area contributed by atoms with Gasteiger partial charge < -0.3 is 5.32 Å². The number of hydrogen-bond acceptors (Lipinski definition) is 4. The van der Waals surface area contributed by atoms with Gasteiger partial charge in [0, 0.05) is 18.7 Å². The molecule has 1 aromatic heterocycles. The molecule has 0 saturated carbocycles. The second kappa shape index (κ2) is 4.62. The van der Waals surface area contributed by atoms with E-state index in [1.807, 2.05) is 0 Å². The normalized spacial score (nSPS) is 13.4. The van der Waals surface area contributed by atoms with Gasteiger partial charge in [0.15, 0.2) is 0 Å². The highest BCUT2D eigenvalue weighted by Crippen LogP contribution is 2.21. The molecule has 98 valence electrons. The summed E-state index contributed by atoms with van der Waals surface area (Å²) in [4.78, 5) is 12.1. The Hall–Kier alpha value is -1.95. The third-order valence-corrected chi connectivity index (χ3v) is 3.28. The highest BCUT2D eigenvalue weighted by Gasteiger charge is 2.17. The third kappa shape index (κ3) is 2.19. The lowest BCUT2D eigenvalue weighted by molar-refractivity contribution is 0.628. The highest BCUT2D eigenvalue weighted by molar-refractivity contribution is 6.31. The highest BCUT2D eigenvalue weighted by atomic mass is 35.5. The van der Waals surface area contributed by atoms with Crippen LogP contribution in [-0.4, -0.2) is 14.8 Å². The van der Waals surface area contributed by atoms with Crippen LogP contribution in [0.2, 0.25) is 5.02 Å². The maximum Gasteiger partial charge on any atom is 0.296 e. The Kier molecular flexibility index (Phi) is 2.94. The quantitative estimate of drug-likeness (QED) is 0.915. The van der Waals surface area contributed by atoms with Crippen molar-refractivity contribution in [3.05, 3.63) is 45.2 Å². The van der Waals surface area contributed by atoms with Gasteiger partial charge in [0.05, 0.1) is 5.02 Å². The minimum absolute atomic E-state index is 0.0146. The van der Waals surface area contributed by atoms with Gasteiger partial charge in [0.25, 0.3) is 5.56 Å². The molecule has 0 bridgehead atoms. The summed E-state index contributed by atoms with van der Waals surface area (Å²) in [6.07, 6.45) is 1.67. The van der Waals surface area contributed by atoms with E-state index in [0.29, 0.717) is 18.1 Å². The molecule has 0 saturated heterocycles. The molecule has 1 N–H and O–H groups in total. The van der Waals surface area contributed by atoms with Crippen LogP contribution in [0, 0.1) is 5.82 Å². The number of rotatable bonds is 2. The molecule has 1 aliphatic heterocycles. The Morgan fingerprint density at radius 2 is 2.21 bits per heavy atom. The molecule has 0 aliphatic carbocycles. The van der Waals surface area contributed by atoms with Crippen molar-refractivity contribution in [3.8, 4) is 0 Å². The van der Waals surface area contributed by atoms with E-state index in [4.69, 9.17) is 11.6 Å². The summed E-state index contributed by atoms with van der Waals surface area (Å²) in [6.45, 7) is 0.655. The summed E-state index contributed by atoms with van der Waals surface area (Å²) in [5, 5.41) is 10.7. The zero-order valence-corrected chi connectivity index (χ0v) is 10.6. The van der Waals surface area contributed by atoms with Crippen LogP contribution in [0.4, 0.5) is 15.9 Å². The summed E-state index contributed by atoms with van der Waals surface area (Å²) in [5.74, 6) is 0.310. The molecule has 5 nitrogen and oxygen atoms in total. The first-order chi connectivity index (χ1) is 9.15. The summed E-state index contributed by atoms with van der Waals surface area (Å²) < 4.78 is 14.6. The molecule has 0 spiro atoms. The van der Waals surface area contributed by atoms with Crippen LogP contribution >= 0.6 is 11.6 Å². The van der Waals surface area contributed by atoms with E-state index in [-0.39, 0.29) is 16.4 Å². The first-order valence-electron chi connectivity index (χ1n) is 5.83. The number of aromatic nitrogens is 3. The summed E-state index contributed by atoms with van der Waals surface area (Å²) in [6, 6.07) is 4.11. The molecule has 0 fully saturated rings. The van der Waals surface area contributed by atoms with Crippen molar-refractivity contribution in [2.24, 2.45) is 0 Å². The molecule has 2 heterocycles. The topological polar surface area (TPSA) is 59.8 Å². The Labute approximate surface area is 113 Å². The first-order valence-corrected chi connectivity index (χ1v) is 6.21. The van der Waals surface area contributed by atoms with E-state index in [1.165, 1.54) is 18.2 Å². The van der Waals surface area contributed by atoms with E-state index in [9.17, 15) is 9.18 Å². The number of benzene rings is 1. The molecule has 7 heteroatoms. The number of hydrogen-bond donors (Lipinski definition) is 1. The van der Waals surface area contributed by atoms with Crippen molar-refractivity contribution in [3.63, 3.8) is 0 Å². The maximum absolute atomic E-state index is 13.0. The van der Waals surface area contributed by atoms with Gasteiger partial charge in [0.2, 0.25) is 5.82 Å². The fourth-order valence-corrected chi connectivity index (χ4v) is 2.23. The van der Waals surface area contributed by atoms with E-state index in [0.717, 1.165) is 12.8 Å². The van der Waals surface area contributed by atoms with Crippen LogP contribution in [0.3, 0.4) is 0 Å². The number of nitrogens with one attached hydrogen (secondary N) is 1. The molecule has 1 aromatic carbocycles. The summed E-state index contributed by atoms with van der Waals surface area (Å²) in [7, 11) is 0. The first kappa shape index (κ1) is 12.1. The Balaban J connectivity index is 1.96. The third-order valence-electron chi connectivity index (χ3n) is 2.99. The minimum Gasteiger partial charge on any atom is -0.334 e.